The average molecular weight is 248 g/mol. The molecule has 0 saturated carbocycles. The zero-order valence-electron chi connectivity index (χ0n) is 10.8. The number of rotatable bonds is 7. The third-order valence-electron chi connectivity index (χ3n) is 2.32. The van der Waals surface area contributed by atoms with E-state index in [-0.39, 0.29) is 6.61 Å². The molecule has 0 bridgehead atoms. The van der Waals surface area contributed by atoms with Gasteiger partial charge in [-0.3, -0.25) is 0 Å². The molecule has 0 aliphatic rings. The second-order valence-corrected chi connectivity index (χ2v) is 3.85. The highest BCUT2D eigenvalue weighted by Gasteiger charge is 1.95. The summed E-state index contributed by atoms with van der Waals surface area (Å²) in [5.74, 6) is 6.71. The van der Waals surface area contributed by atoms with Crippen LogP contribution < -0.4 is 4.74 Å². The first-order valence-electron chi connectivity index (χ1n) is 6.18. The molecule has 0 aliphatic heterocycles. The lowest BCUT2D eigenvalue weighted by molar-refractivity contribution is 0.184. The highest BCUT2D eigenvalue weighted by Crippen LogP contribution is 2.13. The van der Waals surface area contributed by atoms with E-state index in [4.69, 9.17) is 14.6 Å². The van der Waals surface area contributed by atoms with Crippen LogP contribution in [0.3, 0.4) is 0 Å². The monoisotopic (exact) mass is 248 g/mol. The molecular weight excluding hydrogens is 228 g/mol. The molecule has 0 heterocycles. The van der Waals surface area contributed by atoms with E-state index in [1.807, 2.05) is 24.3 Å². The fourth-order valence-electron chi connectivity index (χ4n) is 1.42. The van der Waals surface area contributed by atoms with Gasteiger partial charge in [-0.25, -0.2) is 0 Å². The maximum absolute atomic E-state index is 8.65. The van der Waals surface area contributed by atoms with Gasteiger partial charge in [0.25, 0.3) is 0 Å². The SMILES string of the molecule is COCCCCOc1cccc(C#CCCO)c1. The van der Waals surface area contributed by atoms with Crippen LogP contribution in [0.15, 0.2) is 24.3 Å². The molecule has 0 aromatic heterocycles. The largest absolute Gasteiger partial charge is 0.494 e. The van der Waals surface area contributed by atoms with Crippen LogP contribution >= 0.6 is 0 Å². The van der Waals surface area contributed by atoms with Crippen molar-refractivity contribution in [3.63, 3.8) is 0 Å². The number of benzene rings is 1. The van der Waals surface area contributed by atoms with Crippen molar-refractivity contribution in [2.45, 2.75) is 19.3 Å². The van der Waals surface area contributed by atoms with Crippen molar-refractivity contribution in [2.24, 2.45) is 0 Å². The highest BCUT2D eigenvalue weighted by atomic mass is 16.5. The van der Waals surface area contributed by atoms with E-state index >= 15 is 0 Å². The number of hydrogen-bond acceptors (Lipinski definition) is 3. The van der Waals surface area contributed by atoms with Gasteiger partial charge in [-0.2, -0.15) is 0 Å². The van der Waals surface area contributed by atoms with Crippen molar-refractivity contribution < 1.29 is 14.6 Å². The Morgan fingerprint density at radius 2 is 2.06 bits per heavy atom. The Morgan fingerprint density at radius 1 is 1.22 bits per heavy atom. The first-order chi connectivity index (χ1) is 8.86. The maximum atomic E-state index is 8.65. The van der Waals surface area contributed by atoms with Gasteiger partial charge in [-0.1, -0.05) is 17.9 Å². The van der Waals surface area contributed by atoms with Crippen molar-refractivity contribution in [3.05, 3.63) is 29.8 Å². The average Bonchev–Trinajstić information content (AvgIpc) is 2.39. The van der Waals surface area contributed by atoms with E-state index in [1.54, 1.807) is 7.11 Å². The highest BCUT2D eigenvalue weighted by molar-refractivity contribution is 5.39. The molecule has 3 heteroatoms. The van der Waals surface area contributed by atoms with Gasteiger partial charge >= 0.3 is 0 Å². The topological polar surface area (TPSA) is 38.7 Å². The van der Waals surface area contributed by atoms with Gasteiger partial charge in [0.1, 0.15) is 5.75 Å². The van der Waals surface area contributed by atoms with E-state index in [0.717, 1.165) is 30.8 Å². The van der Waals surface area contributed by atoms with Crippen LogP contribution in [-0.2, 0) is 4.74 Å². The molecule has 0 amide bonds. The third kappa shape index (κ3) is 6.29. The molecule has 0 unspecified atom stereocenters. The van der Waals surface area contributed by atoms with Crippen LogP contribution in [0.4, 0.5) is 0 Å². The summed E-state index contributed by atoms with van der Waals surface area (Å²) >= 11 is 0. The predicted molar refractivity (Wildman–Crippen MR) is 71.6 cm³/mol. The third-order valence-corrected chi connectivity index (χ3v) is 2.32. The summed E-state index contributed by atoms with van der Waals surface area (Å²) in [6, 6.07) is 7.70. The molecule has 0 radical (unpaired) electrons. The standard InChI is InChI=1S/C15H20O3/c1-17-11-4-5-12-18-15-9-6-8-14(13-15)7-2-3-10-16/h6,8-9,13,16H,3-5,10-12H2,1H3. The molecule has 1 rings (SSSR count). The first kappa shape index (κ1) is 14.6. The number of methoxy groups -OCH3 is 1. The summed E-state index contributed by atoms with van der Waals surface area (Å²) in [6.45, 7) is 1.57. The van der Waals surface area contributed by atoms with Gasteiger partial charge < -0.3 is 14.6 Å². The van der Waals surface area contributed by atoms with Crippen molar-refractivity contribution >= 4 is 0 Å². The van der Waals surface area contributed by atoms with Crippen molar-refractivity contribution in [2.75, 3.05) is 26.9 Å². The Hall–Kier alpha value is -1.50. The molecule has 3 nitrogen and oxygen atoms in total. The molecule has 18 heavy (non-hydrogen) atoms. The van der Waals surface area contributed by atoms with Gasteiger partial charge in [0, 0.05) is 25.7 Å². The lowest BCUT2D eigenvalue weighted by Crippen LogP contribution is -1.99. The van der Waals surface area contributed by atoms with Crippen molar-refractivity contribution in [1.82, 2.24) is 0 Å². The maximum Gasteiger partial charge on any atom is 0.120 e. The number of aliphatic hydroxyl groups is 1. The zero-order chi connectivity index (χ0) is 13.1. The van der Waals surface area contributed by atoms with Crippen LogP contribution in [-0.4, -0.2) is 32.0 Å². The summed E-state index contributed by atoms with van der Waals surface area (Å²) in [5.41, 5.74) is 0.915. The van der Waals surface area contributed by atoms with Gasteiger partial charge in [-0.05, 0) is 31.0 Å². The fourth-order valence-corrected chi connectivity index (χ4v) is 1.42. The molecule has 0 atom stereocenters. The summed E-state index contributed by atoms with van der Waals surface area (Å²) in [4.78, 5) is 0. The molecular formula is C15H20O3. The van der Waals surface area contributed by atoms with Crippen molar-refractivity contribution in [1.29, 1.82) is 0 Å². The molecule has 0 fully saturated rings. The lowest BCUT2D eigenvalue weighted by atomic mass is 10.2. The molecule has 0 aliphatic carbocycles. The smallest absolute Gasteiger partial charge is 0.120 e. The second-order valence-electron chi connectivity index (χ2n) is 3.85. The number of ether oxygens (including phenoxy) is 2. The Balaban J connectivity index is 2.38. The van der Waals surface area contributed by atoms with E-state index in [1.165, 1.54) is 0 Å². The van der Waals surface area contributed by atoms with Crippen molar-refractivity contribution in [3.8, 4) is 17.6 Å². The Labute approximate surface area is 109 Å². The molecule has 1 aromatic rings. The Bertz CT molecular complexity index is 390. The van der Waals surface area contributed by atoms with Gasteiger partial charge in [0.05, 0.1) is 13.2 Å². The van der Waals surface area contributed by atoms with Gasteiger partial charge in [-0.15, -0.1) is 0 Å². The number of hydrogen-bond donors (Lipinski definition) is 1. The van der Waals surface area contributed by atoms with Crippen LogP contribution in [0.25, 0.3) is 0 Å². The van der Waals surface area contributed by atoms with Crippen LogP contribution in [0.5, 0.6) is 5.75 Å². The lowest BCUT2D eigenvalue weighted by Gasteiger charge is -2.06. The van der Waals surface area contributed by atoms with E-state index < -0.39 is 0 Å². The zero-order valence-corrected chi connectivity index (χ0v) is 10.8. The summed E-state index contributed by atoms with van der Waals surface area (Å²) in [5, 5.41) is 8.65. The normalized spacial score (nSPS) is 9.67. The van der Waals surface area contributed by atoms with Gasteiger partial charge in [0.15, 0.2) is 0 Å². The summed E-state index contributed by atoms with van der Waals surface area (Å²) < 4.78 is 10.6. The van der Waals surface area contributed by atoms with Crippen LogP contribution in [0.1, 0.15) is 24.8 Å². The van der Waals surface area contributed by atoms with Crippen LogP contribution in [0.2, 0.25) is 0 Å². The molecule has 1 N–H and O–H groups in total. The first-order valence-corrected chi connectivity index (χ1v) is 6.18. The van der Waals surface area contributed by atoms with E-state index in [2.05, 4.69) is 11.8 Å². The quantitative estimate of drug-likeness (QED) is 0.594. The minimum Gasteiger partial charge on any atom is -0.494 e. The summed E-state index contributed by atoms with van der Waals surface area (Å²) in [6.07, 6.45) is 2.49. The Kier molecular flexibility index (Phi) is 7.70. The Morgan fingerprint density at radius 3 is 2.83 bits per heavy atom. The molecule has 98 valence electrons. The minimum absolute atomic E-state index is 0.0999. The van der Waals surface area contributed by atoms with E-state index in [9.17, 15) is 0 Å². The molecule has 0 saturated heterocycles. The fraction of sp³-hybridized carbons (Fsp3) is 0.467. The second kappa shape index (κ2) is 9.52. The van der Waals surface area contributed by atoms with Gasteiger partial charge in [0.2, 0.25) is 0 Å². The summed E-state index contributed by atoms with van der Waals surface area (Å²) in [7, 11) is 1.70. The minimum atomic E-state index is 0.0999. The number of aliphatic hydroxyl groups excluding tert-OH is 1. The van der Waals surface area contributed by atoms with Crippen LogP contribution in [0, 0.1) is 11.8 Å². The predicted octanol–water partition coefficient (Wildman–Crippen LogP) is 2.23. The molecule has 1 aromatic carbocycles. The molecule has 0 spiro atoms. The number of unbranched alkanes of at least 4 members (excludes halogenated alkanes) is 1. The van der Waals surface area contributed by atoms with E-state index in [0.29, 0.717) is 13.0 Å².